The van der Waals surface area contributed by atoms with Gasteiger partial charge in [-0.25, -0.2) is 9.78 Å². The second-order valence-corrected chi connectivity index (χ2v) is 6.12. The topological polar surface area (TPSA) is 97.4 Å². The Hall–Kier alpha value is -3.22. The van der Waals surface area contributed by atoms with Crippen molar-refractivity contribution in [1.29, 1.82) is 0 Å². The number of nitrogens with one attached hydrogen (secondary N) is 2. The minimum atomic E-state index is -0.440. The molecular weight excluding hydrogens is 358 g/mol. The molecule has 148 valence electrons. The number of unbranched alkanes of at least 4 members (excludes halogenated alkanes) is 2. The summed E-state index contributed by atoms with van der Waals surface area (Å²) in [6, 6.07) is 11.1. The number of aromatic nitrogens is 1. The van der Waals surface area contributed by atoms with Crippen LogP contribution in [0.1, 0.15) is 64.4 Å². The Morgan fingerprint density at radius 1 is 0.929 bits per heavy atom. The maximum Gasteiger partial charge on any atom is 0.338 e. The van der Waals surface area contributed by atoms with Gasteiger partial charge in [-0.2, -0.15) is 0 Å². The zero-order chi connectivity index (χ0) is 20.4. The first-order valence-corrected chi connectivity index (χ1v) is 9.39. The molecule has 0 saturated carbocycles. The van der Waals surface area contributed by atoms with Crippen molar-refractivity contribution >= 4 is 23.5 Å². The molecule has 2 amide bonds. The van der Waals surface area contributed by atoms with E-state index in [1.54, 1.807) is 43.3 Å². The number of carbonyl (C=O) groups is 3. The first-order chi connectivity index (χ1) is 13.5. The third-order valence-corrected chi connectivity index (χ3v) is 3.93. The molecule has 28 heavy (non-hydrogen) atoms. The Morgan fingerprint density at radius 2 is 1.61 bits per heavy atom. The first-order valence-electron chi connectivity index (χ1n) is 9.39. The summed E-state index contributed by atoms with van der Waals surface area (Å²) in [6.45, 7) is 4.71. The van der Waals surface area contributed by atoms with E-state index in [1.807, 2.05) is 0 Å². The number of esters is 1. The summed E-state index contributed by atoms with van der Waals surface area (Å²) >= 11 is 0. The SMILES string of the molecule is CCCCCNC(=O)c1cccc(C(=O)Nc2ccc(C(=O)OCC)cc2)n1. The maximum absolute atomic E-state index is 12.4. The van der Waals surface area contributed by atoms with Gasteiger partial charge in [0.05, 0.1) is 12.2 Å². The minimum absolute atomic E-state index is 0.135. The highest BCUT2D eigenvalue weighted by atomic mass is 16.5. The highest BCUT2D eigenvalue weighted by Gasteiger charge is 2.13. The van der Waals surface area contributed by atoms with E-state index < -0.39 is 11.9 Å². The molecule has 0 aliphatic heterocycles. The van der Waals surface area contributed by atoms with Crippen LogP contribution in [0.4, 0.5) is 5.69 Å². The van der Waals surface area contributed by atoms with Gasteiger partial charge in [-0.05, 0) is 49.7 Å². The number of rotatable bonds is 9. The molecule has 7 nitrogen and oxygen atoms in total. The number of hydrogen-bond acceptors (Lipinski definition) is 5. The van der Waals surface area contributed by atoms with Crippen molar-refractivity contribution in [2.45, 2.75) is 33.1 Å². The monoisotopic (exact) mass is 383 g/mol. The Labute approximate surface area is 164 Å². The standard InChI is InChI=1S/C21H25N3O4/c1-3-5-6-14-22-19(25)17-8-7-9-18(24-17)20(26)23-16-12-10-15(11-13-16)21(27)28-4-2/h7-13H,3-6,14H2,1-2H3,(H,22,25)(H,23,26). The fraction of sp³-hybridized carbons (Fsp3) is 0.333. The fourth-order valence-electron chi connectivity index (χ4n) is 2.45. The molecule has 0 aliphatic carbocycles. The van der Waals surface area contributed by atoms with E-state index in [-0.39, 0.29) is 17.3 Å². The third kappa shape index (κ3) is 6.19. The zero-order valence-corrected chi connectivity index (χ0v) is 16.2. The smallest absolute Gasteiger partial charge is 0.338 e. The number of pyridine rings is 1. The highest BCUT2D eigenvalue weighted by Crippen LogP contribution is 2.12. The van der Waals surface area contributed by atoms with E-state index in [1.165, 1.54) is 6.07 Å². The average molecular weight is 383 g/mol. The lowest BCUT2D eigenvalue weighted by atomic mass is 10.2. The van der Waals surface area contributed by atoms with Gasteiger partial charge in [0.2, 0.25) is 0 Å². The summed E-state index contributed by atoms with van der Waals surface area (Å²) in [5, 5.41) is 5.50. The Morgan fingerprint density at radius 3 is 2.25 bits per heavy atom. The third-order valence-electron chi connectivity index (χ3n) is 3.93. The van der Waals surface area contributed by atoms with Gasteiger partial charge in [-0.3, -0.25) is 9.59 Å². The second-order valence-electron chi connectivity index (χ2n) is 6.12. The molecule has 0 radical (unpaired) electrons. The summed E-state index contributed by atoms with van der Waals surface area (Å²) < 4.78 is 4.92. The van der Waals surface area contributed by atoms with Crippen LogP contribution >= 0.6 is 0 Å². The largest absolute Gasteiger partial charge is 0.462 e. The average Bonchev–Trinajstić information content (AvgIpc) is 2.72. The number of hydrogen-bond donors (Lipinski definition) is 2. The summed E-state index contributed by atoms with van der Waals surface area (Å²) in [5.74, 6) is -1.16. The number of carbonyl (C=O) groups excluding carboxylic acids is 3. The van der Waals surface area contributed by atoms with Gasteiger partial charge >= 0.3 is 5.97 Å². The van der Waals surface area contributed by atoms with Crippen molar-refractivity contribution in [2.75, 3.05) is 18.5 Å². The molecule has 2 rings (SSSR count). The van der Waals surface area contributed by atoms with Crippen LogP contribution in [0.15, 0.2) is 42.5 Å². The van der Waals surface area contributed by atoms with E-state index in [9.17, 15) is 14.4 Å². The van der Waals surface area contributed by atoms with Crippen LogP contribution in [0.5, 0.6) is 0 Å². The number of anilines is 1. The molecule has 2 aromatic rings. The molecule has 0 atom stereocenters. The molecular formula is C21H25N3O4. The van der Waals surface area contributed by atoms with Crippen LogP contribution in [0.3, 0.4) is 0 Å². The predicted octanol–water partition coefficient (Wildman–Crippen LogP) is 3.43. The van der Waals surface area contributed by atoms with Crippen LogP contribution in [-0.4, -0.2) is 35.9 Å². The van der Waals surface area contributed by atoms with Crippen LogP contribution in [-0.2, 0) is 4.74 Å². The fourth-order valence-corrected chi connectivity index (χ4v) is 2.45. The van der Waals surface area contributed by atoms with E-state index in [2.05, 4.69) is 22.5 Å². The van der Waals surface area contributed by atoms with Crippen molar-refractivity contribution in [2.24, 2.45) is 0 Å². The molecule has 0 spiro atoms. The molecule has 0 bridgehead atoms. The summed E-state index contributed by atoms with van der Waals surface area (Å²) in [7, 11) is 0. The van der Waals surface area contributed by atoms with E-state index in [0.717, 1.165) is 19.3 Å². The molecule has 0 saturated heterocycles. The zero-order valence-electron chi connectivity index (χ0n) is 16.2. The molecule has 7 heteroatoms. The van der Waals surface area contributed by atoms with Gasteiger partial charge in [0, 0.05) is 12.2 Å². The van der Waals surface area contributed by atoms with E-state index >= 15 is 0 Å². The molecule has 2 N–H and O–H groups in total. The van der Waals surface area contributed by atoms with Gasteiger partial charge in [-0.1, -0.05) is 25.8 Å². The summed E-state index contributed by atoms with van der Waals surface area (Å²) in [5.41, 5.74) is 1.24. The Kier molecular flexibility index (Phi) is 8.14. The Bertz CT molecular complexity index is 819. The lowest BCUT2D eigenvalue weighted by Gasteiger charge is -2.08. The molecule has 1 aromatic carbocycles. The molecule has 0 aliphatic rings. The van der Waals surface area contributed by atoms with Crippen LogP contribution in [0, 0.1) is 0 Å². The van der Waals surface area contributed by atoms with Crippen molar-refractivity contribution in [3.05, 3.63) is 59.4 Å². The normalized spacial score (nSPS) is 10.2. The quantitative estimate of drug-likeness (QED) is 0.511. The lowest BCUT2D eigenvalue weighted by Crippen LogP contribution is -2.26. The Balaban J connectivity index is 1.98. The van der Waals surface area contributed by atoms with Gasteiger partial charge < -0.3 is 15.4 Å². The first kappa shape index (κ1) is 21.1. The number of ether oxygens (including phenoxy) is 1. The molecule has 0 unspecified atom stereocenters. The van der Waals surface area contributed by atoms with Crippen LogP contribution in [0.2, 0.25) is 0 Å². The summed E-state index contributed by atoms with van der Waals surface area (Å²) in [4.78, 5) is 40.4. The van der Waals surface area contributed by atoms with Crippen molar-refractivity contribution < 1.29 is 19.1 Å². The van der Waals surface area contributed by atoms with Gasteiger partial charge in [0.1, 0.15) is 11.4 Å². The minimum Gasteiger partial charge on any atom is -0.462 e. The molecule has 0 fully saturated rings. The molecule has 1 heterocycles. The predicted molar refractivity (Wildman–Crippen MR) is 106 cm³/mol. The van der Waals surface area contributed by atoms with Crippen LogP contribution < -0.4 is 10.6 Å². The highest BCUT2D eigenvalue weighted by molar-refractivity contribution is 6.04. The number of benzene rings is 1. The van der Waals surface area contributed by atoms with Crippen LogP contribution in [0.25, 0.3) is 0 Å². The number of nitrogens with zero attached hydrogens (tertiary/aromatic N) is 1. The van der Waals surface area contributed by atoms with E-state index in [0.29, 0.717) is 24.4 Å². The maximum atomic E-state index is 12.4. The van der Waals surface area contributed by atoms with E-state index in [4.69, 9.17) is 4.74 Å². The number of amides is 2. The molecule has 1 aromatic heterocycles. The van der Waals surface area contributed by atoms with Crippen molar-refractivity contribution in [3.63, 3.8) is 0 Å². The lowest BCUT2D eigenvalue weighted by molar-refractivity contribution is 0.0526. The second kappa shape index (κ2) is 10.8. The van der Waals surface area contributed by atoms with Crippen molar-refractivity contribution in [3.8, 4) is 0 Å². The van der Waals surface area contributed by atoms with Gasteiger partial charge in [0.15, 0.2) is 0 Å². The van der Waals surface area contributed by atoms with Gasteiger partial charge in [0.25, 0.3) is 11.8 Å². The summed E-state index contributed by atoms with van der Waals surface area (Å²) in [6.07, 6.45) is 3.03. The van der Waals surface area contributed by atoms with Crippen molar-refractivity contribution in [1.82, 2.24) is 10.3 Å². The van der Waals surface area contributed by atoms with Gasteiger partial charge in [-0.15, -0.1) is 0 Å².